The van der Waals surface area contributed by atoms with Gasteiger partial charge in [-0.15, -0.1) is 0 Å². The SMILES string of the molecule is CC[C@H]1Cc2cc(O)c(O[C@@H]3C[C@H](Cc4ccc[nH]4)C4=CCNC(N)=C4CSSC[C@H](CO)[C@H]3O)cc2[C@@H]2C[C@@H](O)[C@@H]3[C@@H](C#C[C@]4(C[C@@H](O)CC[C@@H]3O)C[C@@H](c3ccccc3)[C@@H]3Cc5ccccc5C[C@]5(CCCC56CCCC6)[C@H]5CC[C@H](O)[C@@H]4[C@@H]35)C=C12. The largest absolute Gasteiger partial charge is 0.504 e. The maximum atomic E-state index is 13.2. The van der Waals surface area contributed by atoms with E-state index in [0.717, 1.165) is 66.5 Å². The molecule has 0 radical (unpaired) electrons. The van der Waals surface area contributed by atoms with Crippen molar-refractivity contribution in [3.8, 4) is 23.3 Å². The Balaban J connectivity index is 0.870. The van der Waals surface area contributed by atoms with E-state index in [1.54, 1.807) is 21.6 Å². The number of aliphatic hydroxyl groups excluding tert-OH is 6. The number of phenolic OH excluding ortho intramolecular Hbond substituents is 1. The van der Waals surface area contributed by atoms with Crippen molar-refractivity contribution in [1.29, 1.82) is 0 Å². The van der Waals surface area contributed by atoms with Crippen molar-refractivity contribution in [3.63, 3.8) is 0 Å². The summed E-state index contributed by atoms with van der Waals surface area (Å²) in [7, 11) is 3.27. The zero-order valence-corrected chi connectivity index (χ0v) is 53.1. The van der Waals surface area contributed by atoms with Crippen LogP contribution in [0.5, 0.6) is 11.5 Å². The topological polar surface area (TPSA) is 205 Å². The molecule has 10 aliphatic rings. The van der Waals surface area contributed by atoms with Crippen LogP contribution in [0.2, 0.25) is 0 Å². The van der Waals surface area contributed by atoms with Gasteiger partial charge in [0.15, 0.2) is 11.5 Å². The zero-order chi connectivity index (χ0) is 60.5. The van der Waals surface area contributed by atoms with Crippen molar-refractivity contribution in [2.45, 2.75) is 184 Å². The van der Waals surface area contributed by atoms with Gasteiger partial charge in [0.1, 0.15) is 11.9 Å². The van der Waals surface area contributed by atoms with Crippen molar-refractivity contribution < 1.29 is 40.5 Å². The Kier molecular flexibility index (Phi) is 17.4. The standard InChI is InChI=1S/C75H95N3O8S2/c1-2-44-30-49-34-64(83)66(86-67-35-50(31-52-16-10-28-77-52)54-22-29-78-72(76)60(54)43-88-87-42-51(41-79)71(67)85)37-56(49)57-36-65(84)68-47(33-55(44)57)21-27-73(39-53(80)17-19-62(68)81)40-59(45-12-4-3-5-13-45)58-32-46-14-6-7-15-48(46)38-75(26-11-25-74(75)23-8-9-24-74)61-18-20-63(82)70(73)69(58)61/h3-7,10,12-16,22,28,33-34,37,44,47,50-51,53,57-59,61-63,65,67-71,77-85H,2,8-9,11,17-20,23-26,29-32,35-36,38-43,76H2,1H3/t44-,47-,50-,51-,53-,57+,58-,59-,61-,62-,63-,65+,67+,68+,69-,70+,71+,73-,75+/m0/s1. The number of H-pyrrole nitrogens is 1. The molecule has 13 heteroatoms. The van der Waals surface area contributed by atoms with E-state index >= 15 is 0 Å². The van der Waals surface area contributed by atoms with Gasteiger partial charge in [-0.25, -0.2) is 0 Å². The molecule has 8 aliphatic carbocycles. The number of ether oxygens (including phenoxy) is 1. The molecule has 4 aromatic rings. The Morgan fingerprint density at radius 3 is 2.38 bits per heavy atom. The molecule has 0 bridgehead atoms. The summed E-state index contributed by atoms with van der Waals surface area (Å²) in [5, 5.41) is 90.3. The predicted molar refractivity (Wildman–Crippen MR) is 350 cm³/mol. The van der Waals surface area contributed by atoms with Crippen molar-refractivity contribution in [3.05, 3.63) is 153 Å². The van der Waals surface area contributed by atoms with Gasteiger partial charge in [-0.05, 0) is 213 Å². The number of rotatable bonds is 7. The highest BCUT2D eigenvalue weighted by atomic mass is 33.1. The smallest absolute Gasteiger partial charge is 0.161 e. The van der Waals surface area contributed by atoms with Crippen LogP contribution in [0, 0.1) is 81.3 Å². The fraction of sp³-hybridized carbons (Fsp3) is 0.600. The Bertz CT molecular complexity index is 3310. The number of fused-ring (bicyclic) bond motifs is 9. The van der Waals surface area contributed by atoms with Crippen LogP contribution < -0.4 is 15.8 Å². The lowest BCUT2D eigenvalue weighted by Crippen LogP contribution is -2.61. The first-order valence-corrected chi connectivity index (χ1v) is 36.5. The number of aromatic nitrogens is 1. The number of dihydropyridines is 1. The number of nitrogens with two attached hydrogens (primary N) is 1. The molecule has 3 heterocycles. The van der Waals surface area contributed by atoms with Gasteiger partial charge in [-0.3, -0.25) is 0 Å². The number of hydrogen-bond donors (Lipinski definition) is 10. The first-order valence-electron chi connectivity index (χ1n) is 34.0. The van der Waals surface area contributed by atoms with Gasteiger partial charge >= 0.3 is 0 Å². The van der Waals surface area contributed by atoms with E-state index in [1.165, 1.54) is 67.2 Å². The third-order valence-corrected chi connectivity index (χ3v) is 27.4. The van der Waals surface area contributed by atoms with Crippen LogP contribution in [0.4, 0.5) is 0 Å². The van der Waals surface area contributed by atoms with E-state index in [0.29, 0.717) is 74.7 Å². The van der Waals surface area contributed by atoms with Gasteiger partial charge < -0.3 is 56.5 Å². The van der Waals surface area contributed by atoms with Crippen LogP contribution in [-0.2, 0) is 25.7 Å². The van der Waals surface area contributed by atoms with Crippen molar-refractivity contribution in [1.82, 2.24) is 10.3 Å². The summed E-state index contributed by atoms with van der Waals surface area (Å²) in [6.07, 6.45) is 18.7. The minimum atomic E-state index is -1.08. The lowest BCUT2D eigenvalue weighted by Gasteiger charge is -2.64. The maximum Gasteiger partial charge on any atom is 0.161 e. The molecule has 19 atom stereocenters. The van der Waals surface area contributed by atoms with Crippen LogP contribution in [0.3, 0.4) is 0 Å². The van der Waals surface area contributed by atoms with Gasteiger partial charge in [0.05, 0.1) is 30.5 Å². The van der Waals surface area contributed by atoms with Crippen LogP contribution in [-0.4, -0.2) is 102 Å². The van der Waals surface area contributed by atoms with Gasteiger partial charge in [0.2, 0.25) is 0 Å². The van der Waals surface area contributed by atoms with Gasteiger partial charge in [-0.1, -0.05) is 132 Å². The molecule has 3 aromatic carbocycles. The molecule has 88 heavy (non-hydrogen) atoms. The van der Waals surface area contributed by atoms with E-state index in [2.05, 4.69) is 102 Å². The number of allylic oxidation sites excluding steroid dienone is 3. The third kappa shape index (κ3) is 10.9. The Hall–Kier alpha value is -4.62. The fourth-order valence-electron chi connectivity index (χ4n) is 21.1. The molecular weight excluding hydrogens is 1130 g/mol. The molecule has 1 saturated heterocycles. The monoisotopic (exact) mass is 1230 g/mol. The van der Waals surface area contributed by atoms with Crippen molar-refractivity contribution in [2.75, 3.05) is 24.7 Å². The van der Waals surface area contributed by atoms with Crippen LogP contribution in [0.15, 0.2) is 120 Å². The maximum absolute atomic E-state index is 13.2. The van der Waals surface area contributed by atoms with E-state index in [9.17, 15) is 35.7 Å². The summed E-state index contributed by atoms with van der Waals surface area (Å²) in [4.78, 5) is 3.40. The van der Waals surface area contributed by atoms with E-state index in [-0.39, 0.29) is 70.4 Å². The molecule has 11 N–H and O–H groups in total. The Labute approximate surface area is 529 Å². The molecule has 14 rings (SSSR count). The molecule has 0 amide bonds. The first-order chi connectivity index (χ1) is 42.8. The summed E-state index contributed by atoms with van der Waals surface area (Å²) < 4.78 is 7.06. The van der Waals surface area contributed by atoms with Crippen molar-refractivity contribution in [2.24, 2.45) is 75.2 Å². The summed E-state index contributed by atoms with van der Waals surface area (Å²) in [5.74, 6) is 8.96. The number of aromatic hydroxyl groups is 1. The number of nitrogens with one attached hydrogen (secondary N) is 2. The molecule has 470 valence electrons. The summed E-state index contributed by atoms with van der Waals surface area (Å²) in [6, 6.07) is 28.4. The van der Waals surface area contributed by atoms with Crippen LogP contribution in [0.1, 0.15) is 155 Å². The molecule has 3 spiro atoms. The second-order valence-corrected chi connectivity index (χ2v) is 31.7. The number of aliphatic hydroxyl groups is 6. The molecular formula is C75H95N3O8S2. The predicted octanol–water partition coefficient (Wildman–Crippen LogP) is 11.6. The number of aromatic amines is 1. The van der Waals surface area contributed by atoms with Gasteiger partial charge in [0.25, 0.3) is 0 Å². The molecule has 11 nitrogen and oxygen atoms in total. The lowest BCUT2D eigenvalue weighted by atomic mass is 9.39. The summed E-state index contributed by atoms with van der Waals surface area (Å²) in [6.45, 7) is 2.55. The highest BCUT2D eigenvalue weighted by Gasteiger charge is 2.67. The minimum absolute atomic E-state index is 0.0188. The molecule has 2 aliphatic heterocycles. The Morgan fingerprint density at radius 1 is 0.784 bits per heavy atom. The average molecular weight is 1230 g/mol. The Morgan fingerprint density at radius 2 is 1.58 bits per heavy atom. The third-order valence-electron chi connectivity index (χ3n) is 25.0. The number of benzene rings is 3. The number of phenols is 1. The quantitative estimate of drug-likeness (QED) is 0.0477. The van der Waals surface area contributed by atoms with Gasteiger partial charge in [0, 0.05) is 77.1 Å². The molecule has 0 unspecified atom stereocenters. The highest BCUT2D eigenvalue weighted by Crippen LogP contribution is 2.73. The molecule has 5 fully saturated rings. The fourth-order valence-corrected chi connectivity index (χ4v) is 23.6. The van der Waals surface area contributed by atoms with E-state index in [1.807, 2.05) is 24.4 Å². The summed E-state index contributed by atoms with van der Waals surface area (Å²) >= 11 is 0. The van der Waals surface area contributed by atoms with Crippen molar-refractivity contribution >= 4 is 21.6 Å². The average Bonchev–Trinajstić information content (AvgIpc) is 0.996. The van der Waals surface area contributed by atoms with Crippen LogP contribution in [0.25, 0.3) is 0 Å². The van der Waals surface area contributed by atoms with E-state index < -0.39 is 59.8 Å². The second kappa shape index (κ2) is 25.1. The molecule has 1 aromatic heterocycles. The highest BCUT2D eigenvalue weighted by molar-refractivity contribution is 8.76. The first kappa shape index (κ1) is 60.9. The second-order valence-electron chi connectivity index (χ2n) is 29.2. The molecule has 4 saturated carbocycles. The zero-order valence-electron chi connectivity index (χ0n) is 51.5. The minimum Gasteiger partial charge on any atom is -0.504 e. The van der Waals surface area contributed by atoms with Crippen LogP contribution >= 0.6 is 21.6 Å². The number of hydrogen-bond acceptors (Lipinski definition) is 12. The van der Waals surface area contributed by atoms with E-state index in [4.69, 9.17) is 10.5 Å². The normalized spacial score (nSPS) is 38.7. The van der Waals surface area contributed by atoms with Gasteiger partial charge in [-0.2, -0.15) is 0 Å². The summed E-state index contributed by atoms with van der Waals surface area (Å²) in [5.41, 5.74) is 17.0. The lowest BCUT2D eigenvalue weighted by molar-refractivity contribution is -0.166.